The molecule has 0 aromatic heterocycles. The Bertz CT molecular complexity index is 306. The summed E-state index contributed by atoms with van der Waals surface area (Å²) >= 11 is 5.97. The van der Waals surface area contributed by atoms with Crippen molar-refractivity contribution in [3.05, 3.63) is 23.2 Å². The number of anilines is 2. The summed E-state index contributed by atoms with van der Waals surface area (Å²) in [6.45, 7) is 3.75. The highest BCUT2D eigenvalue weighted by atomic mass is 35.5. The summed E-state index contributed by atoms with van der Waals surface area (Å²) in [6, 6.07) is 5.31. The maximum Gasteiger partial charge on any atom is 0.0768 e. The van der Waals surface area contributed by atoms with E-state index in [1.165, 1.54) is 0 Å². The highest BCUT2D eigenvalue weighted by Gasteiger charge is 2.18. The smallest absolute Gasteiger partial charge is 0.0768 e. The van der Waals surface area contributed by atoms with Gasteiger partial charge in [-0.15, -0.1) is 0 Å². The molecule has 4 N–H and O–H groups in total. The monoisotopic (exact) mass is 214 g/mol. The second-order valence-corrected chi connectivity index (χ2v) is 4.28. The van der Waals surface area contributed by atoms with Gasteiger partial charge in [0.25, 0.3) is 0 Å². The van der Waals surface area contributed by atoms with E-state index in [0.29, 0.717) is 16.4 Å². The summed E-state index contributed by atoms with van der Waals surface area (Å²) in [4.78, 5) is 0. The Balaban J connectivity index is 2.97. The summed E-state index contributed by atoms with van der Waals surface area (Å²) in [5.74, 6) is 0. The Morgan fingerprint density at radius 1 is 1.50 bits per heavy atom. The Morgan fingerprint density at radius 2 is 2.14 bits per heavy atom. The predicted octanol–water partition coefficient (Wildman–Crippen LogP) is 2.10. The van der Waals surface area contributed by atoms with Crippen molar-refractivity contribution in [2.75, 3.05) is 17.7 Å². The number of para-hydroxylation sites is 1. The Labute approximate surface area is 88.9 Å². The lowest BCUT2D eigenvalue weighted by atomic mass is 10.1. The second kappa shape index (κ2) is 4.07. The van der Waals surface area contributed by atoms with Crippen LogP contribution in [0, 0.1) is 0 Å². The van der Waals surface area contributed by atoms with Crippen LogP contribution < -0.4 is 11.1 Å². The number of nitrogens with one attached hydrogen (secondary N) is 1. The van der Waals surface area contributed by atoms with Crippen molar-refractivity contribution in [2.45, 2.75) is 19.4 Å². The van der Waals surface area contributed by atoms with Gasteiger partial charge in [0.05, 0.1) is 28.5 Å². The maximum absolute atomic E-state index is 9.09. The minimum atomic E-state index is -0.431. The standard InChI is InChI=1S/C10H15ClN2O/c1-10(2,6-14)13-9-7(11)4-3-5-8(9)12/h3-5,13-14H,6,12H2,1-2H3. The van der Waals surface area contributed by atoms with E-state index in [-0.39, 0.29) is 6.61 Å². The van der Waals surface area contributed by atoms with Crippen LogP contribution in [0.2, 0.25) is 5.02 Å². The molecule has 0 aliphatic heterocycles. The second-order valence-electron chi connectivity index (χ2n) is 3.87. The fourth-order valence-electron chi connectivity index (χ4n) is 1.05. The molecule has 78 valence electrons. The highest BCUT2D eigenvalue weighted by Crippen LogP contribution is 2.30. The first-order valence-corrected chi connectivity index (χ1v) is 4.77. The quantitative estimate of drug-likeness (QED) is 0.676. The number of rotatable bonds is 3. The van der Waals surface area contributed by atoms with Gasteiger partial charge in [-0.05, 0) is 26.0 Å². The van der Waals surface area contributed by atoms with Crippen LogP contribution in [0.25, 0.3) is 0 Å². The minimum absolute atomic E-state index is 0.0116. The number of aliphatic hydroxyl groups excluding tert-OH is 1. The van der Waals surface area contributed by atoms with Crippen molar-refractivity contribution >= 4 is 23.0 Å². The van der Waals surface area contributed by atoms with Crippen LogP contribution >= 0.6 is 11.6 Å². The molecular weight excluding hydrogens is 200 g/mol. The molecule has 3 nitrogen and oxygen atoms in total. The molecule has 0 aliphatic rings. The number of hydrogen-bond donors (Lipinski definition) is 3. The summed E-state index contributed by atoms with van der Waals surface area (Å²) in [5, 5.41) is 12.7. The molecule has 0 saturated carbocycles. The molecule has 0 atom stereocenters. The van der Waals surface area contributed by atoms with E-state index in [9.17, 15) is 0 Å². The molecule has 0 unspecified atom stereocenters. The average Bonchev–Trinajstić information content (AvgIpc) is 2.12. The van der Waals surface area contributed by atoms with Crippen LogP contribution in [-0.4, -0.2) is 17.3 Å². The van der Waals surface area contributed by atoms with E-state index < -0.39 is 5.54 Å². The Kier molecular flexibility index (Phi) is 3.24. The number of nitrogens with two attached hydrogens (primary N) is 1. The van der Waals surface area contributed by atoms with E-state index in [2.05, 4.69) is 5.32 Å². The average molecular weight is 215 g/mol. The molecule has 0 heterocycles. The summed E-state index contributed by atoms with van der Waals surface area (Å²) in [6.07, 6.45) is 0. The van der Waals surface area contributed by atoms with Gasteiger partial charge in [-0.3, -0.25) is 0 Å². The maximum atomic E-state index is 9.09. The number of hydrogen-bond acceptors (Lipinski definition) is 3. The molecule has 0 amide bonds. The number of benzene rings is 1. The SMILES string of the molecule is CC(C)(CO)Nc1c(N)cccc1Cl. The van der Waals surface area contributed by atoms with Gasteiger partial charge >= 0.3 is 0 Å². The third-order valence-corrected chi connectivity index (χ3v) is 2.22. The lowest BCUT2D eigenvalue weighted by Crippen LogP contribution is -2.35. The molecule has 0 aliphatic carbocycles. The van der Waals surface area contributed by atoms with Crippen molar-refractivity contribution in [1.29, 1.82) is 0 Å². The van der Waals surface area contributed by atoms with Crippen molar-refractivity contribution in [1.82, 2.24) is 0 Å². The Morgan fingerprint density at radius 3 is 2.64 bits per heavy atom. The van der Waals surface area contributed by atoms with Gasteiger partial charge in [0, 0.05) is 0 Å². The molecule has 1 aromatic carbocycles. The lowest BCUT2D eigenvalue weighted by Gasteiger charge is -2.26. The van der Waals surface area contributed by atoms with Crippen LogP contribution in [0.4, 0.5) is 11.4 Å². The van der Waals surface area contributed by atoms with Crippen LogP contribution in [0.3, 0.4) is 0 Å². The summed E-state index contributed by atoms with van der Waals surface area (Å²) in [5.41, 5.74) is 6.58. The molecule has 4 heteroatoms. The molecule has 0 fully saturated rings. The molecule has 0 radical (unpaired) electrons. The fourth-order valence-corrected chi connectivity index (χ4v) is 1.28. The normalized spacial score (nSPS) is 11.4. The van der Waals surface area contributed by atoms with Crippen LogP contribution in [0.15, 0.2) is 18.2 Å². The third kappa shape index (κ3) is 2.53. The summed E-state index contributed by atoms with van der Waals surface area (Å²) in [7, 11) is 0. The predicted molar refractivity (Wildman–Crippen MR) is 60.7 cm³/mol. The molecule has 1 rings (SSSR count). The molecule has 0 spiro atoms. The van der Waals surface area contributed by atoms with E-state index >= 15 is 0 Å². The zero-order valence-corrected chi connectivity index (χ0v) is 9.10. The number of nitrogen functional groups attached to an aromatic ring is 1. The van der Waals surface area contributed by atoms with Crippen molar-refractivity contribution in [3.63, 3.8) is 0 Å². The summed E-state index contributed by atoms with van der Waals surface area (Å²) < 4.78 is 0. The van der Waals surface area contributed by atoms with Crippen molar-refractivity contribution < 1.29 is 5.11 Å². The van der Waals surface area contributed by atoms with Gasteiger partial charge in [0.2, 0.25) is 0 Å². The largest absolute Gasteiger partial charge is 0.397 e. The molecular formula is C10H15ClN2O. The number of aliphatic hydroxyl groups is 1. The zero-order valence-electron chi connectivity index (χ0n) is 8.34. The van der Waals surface area contributed by atoms with E-state index in [1.54, 1.807) is 18.2 Å². The van der Waals surface area contributed by atoms with Gasteiger partial charge < -0.3 is 16.2 Å². The van der Waals surface area contributed by atoms with Gasteiger partial charge in [0.1, 0.15) is 0 Å². The lowest BCUT2D eigenvalue weighted by molar-refractivity contribution is 0.234. The fraction of sp³-hybridized carbons (Fsp3) is 0.400. The first-order chi connectivity index (χ1) is 6.46. The van der Waals surface area contributed by atoms with Crippen LogP contribution in [-0.2, 0) is 0 Å². The zero-order chi connectivity index (χ0) is 10.8. The van der Waals surface area contributed by atoms with Crippen molar-refractivity contribution in [3.8, 4) is 0 Å². The van der Waals surface area contributed by atoms with Gasteiger partial charge in [-0.2, -0.15) is 0 Å². The Hall–Kier alpha value is -0.930. The van der Waals surface area contributed by atoms with E-state index in [1.807, 2.05) is 13.8 Å². The molecule has 0 bridgehead atoms. The third-order valence-electron chi connectivity index (χ3n) is 1.90. The topological polar surface area (TPSA) is 58.3 Å². The van der Waals surface area contributed by atoms with E-state index in [0.717, 1.165) is 0 Å². The van der Waals surface area contributed by atoms with E-state index in [4.69, 9.17) is 22.4 Å². The van der Waals surface area contributed by atoms with Gasteiger partial charge in [-0.1, -0.05) is 17.7 Å². The van der Waals surface area contributed by atoms with Gasteiger partial charge in [0.15, 0.2) is 0 Å². The molecule has 14 heavy (non-hydrogen) atoms. The van der Waals surface area contributed by atoms with Crippen LogP contribution in [0.5, 0.6) is 0 Å². The van der Waals surface area contributed by atoms with Crippen molar-refractivity contribution in [2.24, 2.45) is 0 Å². The number of halogens is 1. The first-order valence-electron chi connectivity index (χ1n) is 4.39. The molecule has 1 aromatic rings. The minimum Gasteiger partial charge on any atom is -0.397 e. The van der Waals surface area contributed by atoms with Crippen LogP contribution in [0.1, 0.15) is 13.8 Å². The highest BCUT2D eigenvalue weighted by molar-refractivity contribution is 6.33. The van der Waals surface area contributed by atoms with Gasteiger partial charge in [-0.25, -0.2) is 0 Å². The molecule has 0 saturated heterocycles. The first kappa shape index (κ1) is 11.1.